The molecule has 2 nitrogen and oxygen atoms in total. The van der Waals surface area contributed by atoms with Crippen LogP contribution in [0, 0.1) is 0 Å². The van der Waals surface area contributed by atoms with Crippen molar-refractivity contribution in [1.82, 2.24) is 5.32 Å². The summed E-state index contributed by atoms with van der Waals surface area (Å²) in [7, 11) is 0. The molecule has 86 valence electrons. The highest BCUT2D eigenvalue weighted by atomic mass is 16.1. The zero-order valence-corrected chi connectivity index (χ0v) is 9.83. The van der Waals surface area contributed by atoms with Crippen LogP contribution in [0.4, 0.5) is 0 Å². The van der Waals surface area contributed by atoms with Crippen molar-refractivity contribution in [3.05, 3.63) is 48.0 Å². The van der Waals surface area contributed by atoms with E-state index in [4.69, 9.17) is 0 Å². The monoisotopic (exact) mass is 217 g/mol. The Hall–Kier alpha value is -1.57. The van der Waals surface area contributed by atoms with Gasteiger partial charge >= 0.3 is 0 Å². The van der Waals surface area contributed by atoms with Gasteiger partial charge in [0.15, 0.2) is 0 Å². The molecule has 1 aromatic carbocycles. The van der Waals surface area contributed by atoms with Crippen molar-refractivity contribution in [3.8, 4) is 0 Å². The second kappa shape index (κ2) is 6.83. The van der Waals surface area contributed by atoms with Crippen LogP contribution in [-0.2, 0) is 11.2 Å². The van der Waals surface area contributed by atoms with Gasteiger partial charge in [-0.2, -0.15) is 0 Å². The SMILES string of the molecule is C=C(C)CNC(=O)CCCc1ccccc1. The molecule has 16 heavy (non-hydrogen) atoms. The molecule has 1 rings (SSSR count). The van der Waals surface area contributed by atoms with Gasteiger partial charge in [-0.15, -0.1) is 0 Å². The van der Waals surface area contributed by atoms with E-state index in [0.717, 1.165) is 18.4 Å². The maximum atomic E-state index is 11.4. The minimum atomic E-state index is 0.110. The van der Waals surface area contributed by atoms with Gasteiger partial charge < -0.3 is 5.32 Å². The van der Waals surface area contributed by atoms with E-state index in [0.29, 0.717) is 13.0 Å². The molecule has 0 heterocycles. The highest BCUT2D eigenvalue weighted by Gasteiger charge is 2.00. The number of aryl methyl sites for hydroxylation is 1. The second-order valence-electron chi connectivity index (χ2n) is 4.07. The smallest absolute Gasteiger partial charge is 0.220 e. The lowest BCUT2D eigenvalue weighted by Gasteiger charge is -2.04. The maximum Gasteiger partial charge on any atom is 0.220 e. The minimum absolute atomic E-state index is 0.110. The Labute approximate surface area is 97.4 Å². The number of hydrogen-bond donors (Lipinski definition) is 1. The van der Waals surface area contributed by atoms with Gasteiger partial charge in [0.1, 0.15) is 0 Å². The third-order valence-corrected chi connectivity index (χ3v) is 2.30. The third-order valence-electron chi connectivity index (χ3n) is 2.30. The van der Waals surface area contributed by atoms with Gasteiger partial charge in [0.25, 0.3) is 0 Å². The van der Waals surface area contributed by atoms with Crippen molar-refractivity contribution in [2.45, 2.75) is 26.2 Å². The zero-order chi connectivity index (χ0) is 11.8. The first-order valence-corrected chi connectivity index (χ1v) is 5.63. The molecule has 0 radical (unpaired) electrons. The maximum absolute atomic E-state index is 11.4. The molecule has 0 fully saturated rings. The zero-order valence-electron chi connectivity index (χ0n) is 9.83. The summed E-state index contributed by atoms with van der Waals surface area (Å²) in [6.07, 6.45) is 2.44. The number of hydrogen-bond acceptors (Lipinski definition) is 1. The molecule has 1 N–H and O–H groups in total. The molecular formula is C14H19NO. The molecule has 0 bridgehead atoms. The van der Waals surface area contributed by atoms with Gasteiger partial charge in [-0.25, -0.2) is 0 Å². The van der Waals surface area contributed by atoms with Crippen molar-refractivity contribution >= 4 is 5.91 Å². The van der Waals surface area contributed by atoms with Crippen molar-refractivity contribution in [2.24, 2.45) is 0 Å². The summed E-state index contributed by atoms with van der Waals surface area (Å²) in [6.45, 7) is 6.23. The topological polar surface area (TPSA) is 29.1 Å². The van der Waals surface area contributed by atoms with Crippen molar-refractivity contribution in [2.75, 3.05) is 6.54 Å². The Bertz CT molecular complexity index is 343. The lowest BCUT2D eigenvalue weighted by atomic mass is 10.1. The fraction of sp³-hybridized carbons (Fsp3) is 0.357. The summed E-state index contributed by atoms with van der Waals surface area (Å²) >= 11 is 0. The summed E-state index contributed by atoms with van der Waals surface area (Å²) in [4.78, 5) is 11.4. The molecule has 0 atom stereocenters. The van der Waals surface area contributed by atoms with Crippen LogP contribution >= 0.6 is 0 Å². The summed E-state index contributed by atoms with van der Waals surface area (Å²) < 4.78 is 0. The highest BCUT2D eigenvalue weighted by Crippen LogP contribution is 2.04. The fourth-order valence-corrected chi connectivity index (χ4v) is 1.44. The van der Waals surface area contributed by atoms with Crippen molar-refractivity contribution in [3.63, 3.8) is 0 Å². The molecule has 0 aliphatic heterocycles. The second-order valence-corrected chi connectivity index (χ2v) is 4.07. The lowest BCUT2D eigenvalue weighted by molar-refractivity contribution is -0.121. The average Bonchev–Trinajstić information content (AvgIpc) is 2.28. The molecule has 0 spiro atoms. The quantitative estimate of drug-likeness (QED) is 0.729. The Morgan fingerprint density at radius 3 is 2.62 bits per heavy atom. The molecule has 0 aliphatic rings. The van der Waals surface area contributed by atoms with E-state index in [1.54, 1.807) is 0 Å². The Morgan fingerprint density at radius 2 is 2.00 bits per heavy atom. The van der Waals surface area contributed by atoms with Gasteiger partial charge in [0, 0.05) is 13.0 Å². The summed E-state index contributed by atoms with van der Waals surface area (Å²) in [5.74, 6) is 0.110. The average molecular weight is 217 g/mol. The fourth-order valence-electron chi connectivity index (χ4n) is 1.44. The van der Waals surface area contributed by atoms with Crippen molar-refractivity contribution in [1.29, 1.82) is 0 Å². The van der Waals surface area contributed by atoms with Gasteiger partial charge in [-0.05, 0) is 25.3 Å². The normalized spacial score (nSPS) is 9.81. The molecule has 1 aromatic rings. The Morgan fingerprint density at radius 1 is 1.31 bits per heavy atom. The minimum Gasteiger partial charge on any atom is -0.352 e. The molecule has 2 heteroatoms. The molecule has 1 amide bonds. The number of carbonyl (C=O) groups excluding carboxylic acids is 1. The van der Waals surface area contributed by atoms with Crippen LogP contribution in [0.15, 0.2) is 42.5 Å². The number of rotatable bonds is 6. The van der Waals surface area contributed by atoms with Crippen LogP contribution in [-0.4, -0.2) is 12.5 Å². The first kappa shape index (κ1) is 12.5. The molecular weight excluding hydrogens is 198 g/mol. The van der Waals surface area contributed by atoms with Crippen LogP contribution in [0.1, 0.15) is 25.3 Å². The van der Waals surface area contributed by atoms with Gasteiger partial charge in [-0.1, -0.05) is 42.5 Å². The first-order valence-electron chi connectivity index (χ1n) is 5.63. The van der Waals surface area contributed by atoms with E-state index in [-0.39, 0.29) is 5.91 Å². The predicted octanol–water partition coefficient (Wildman–Crippen LogP) is 2.70. The summed E-state index contributed by atoms with van der Waals surface area (Å²) in [5.41, 5.74) is 2.27. The molecule has 0 aromatic heterocycles. The van der Waals surface area contributed by atoms with Gasteiger partial charge in [0.2, 0.25) is 5.91 Å². The van der Waals surface area contributed by atoms with E-state index < -0.39 is 0 Å². The van der Waals surface area contributed by atoms with E-state index in [1.807, 2.05) is 25.1 Å². The van der Waals surface area contributed by atoms with E-state index in [1.165, 1.54) is 5.56 Å². The van der Waals surface area contributed by atoms with Crippen LogP contribution in [0.25, 0.3) is 0 Å². The lowest BCUT2D eigenvalue weighted by Crippen LogP contribution is -2.24. The van der Waals surface area contributed by atoms with Crippen molar-refractivity contribution < 1.29 is 4.79 Å². The Kier molecular flexibility index (Phi) is 5.34. The van der Waals surface area contributed by atoms with Gasteiger partial charge in [0.05, 0.1) is 0 Å². The van der Waals surface area contributed by atoms with Crippen LogP contribution in [0.5, 0.6) is 0 Å². The van der Waals surface area contributed by atoms with E-state index in [9.17, 15) is 4.79 Å². The molecule has 0 aliphatic carbocycles. The van der Waals surface area contributed by atoms with E-state index in [2.05, 4.69) is 24.0 Å². The molecule has 0 unspecified atom stereocenters. The number of carbonyl (C=O) groups is 1. The van der Waals surface area contributed by atoms with Crippen LogP contribution in [0.3, 0.4) is 0 Å². The first-order chi connectivity index (χ1) is 7.68. The summed E-state index contributed by atoms with van der Waals surface area (Å²) in [5, 5.41) is 2.83. The van der Waals surface area contributed by atoms with E-state index >= 15 is 0 Å². The molecule has 0 saturated heterocycles. The number of amides is 1. The largest absolute Gasteiger partial charge is 0.352 e. The summed E-state index contributed by atoms with van der Waals surface area (Å²) in [6, 6.07) is 10.2. The number of benzene rings is 1. The van der Waals surface area contributed by atoms with Gasteiger partial charge in [-0.3, -0.25) is 4.79 Å². The number of nitrogens with one attached hydrogen (secondary N) is 1. The van der Waals surface area contributed by atoms with Crippen LogP contribution < -0.4 is 5.32 Å². The molecule has 0 saturated carbocycles. The highest BCUT2D eigenvalue weighted by molar-refractivity contribution is 5.76. The predicted molar refractivity (Wildman–Crippen MR) is 67.2 cm³/mol. The third kappa shape index (κ3) is 5.35. The Balaban J connectivity index is 2.16. The van der Waals surface area contributed by atoms with Crippen LogP contribution in [0.2, 0.25) is 0 Å². The standard InChI is InChI=1S/C14H19NO/c1-12(2)11-15-14(16)10-6-9-13-7-4-3-5-8-13/h3-5,7-8H,1,6,9-11H2,2H3,(H,15,16).